The third-order valence-electron chi connectivity index (χ3n) is 3.76. The summed E-state index contributed by atoms with van der Waals surface area (Å²) in [6.07, 6.45) is 2.06. The lowest BCUT2D eigenvalue weighted by molar-refractivity contribution is 0.0372. The van der Waals surface area contributed by atoms with E-state index in [-0.39, 0.29) is 6.03 Å². The summed E-state index contributed by atoms with van der Waals surface area (Å²) in [7, 11) is 0. The van der Waals surface area contributed by atoms with Gasteiger partial charge in [0.05, 0.1) is 19.8 Å². The van der Waals surface area contributed by atoms with Gasteiger partial charge in [0.15, 0.2) is 0 Å². The maximum absolute atomic E-state index is 11.6. The van der Waals surface area contributed by atoms with Crippen LogP contribution in [0, 0.1) is 0 Å². The molecule has 2 N–H and O–H groups in total. The molecule has 1 heterocycles. The fourth-order valence-electron chi connectivity index (χ4n) is 2.41. The Morgan fingerprint density at radius 1 is 1.12 bits per heavy atom. The molecule has 1 aromatic rings. The van der Waals surface area contributed by atoms with E-state index in [1.54, 1.807) is 24.3 Å². The maximum Gasteiger partial charge on any atom is 0.314 e. The van der Waals surface area contributed by atoms with E-state index in [0.29, 0.717) is 24.7 Å². The van der Waals surface area contributed by atoms with Gasteiger partial charge < -0.3 is 20.1 Å². The first kappa shape index (κ1) is 18.8. The Morgan fingerprint density at radius 2 is 1.83 bits per heavy atom. The highest BCUT2D eigenvalue weighted by Crippen LogP contribution is 2.15. The van der Waals surface area contributed by atoms with Crippen LogP contribution in [-0.4, -0.2) is 63.5 Å². The van der Waals surface area contributed by atoms with Gasteiger partial charge in [-0.05, 0) is 43.7 Å². The van der Waals surface area contributed by atoms with E-state index >= 15 is 0 Å². The molecule has 134 valence electrons. The first-order valence-corrected chi connectivity index (χ1v) is 8.82. The summed E-state index contributed by atoms with van der Waals surface area (Å²) in [6.45, 7) is 6.34. The number of carbonyl (C=O) groups is 1. The summed E-state index contributed by atoms with van der Waals surface area (Å²) in [4.78, 5) is 14.0. The summed E-state index contributed by atoms with van der Waals surface area (Å²) in [5, 5.41) is 6.31. The zero-order valence-corrected chi connectivity index (χ0v) is 14.7. The Morgan fingerprint density at radius 3 is 2.58 bits per heavy atom. The number of unbranched alkanes of at least 4 members (excludes halogenated alkanes) is 1. The van der Waals surface area contributed by atoms with Crippen molar-refractivity contribution < 1.29 is 14.3 Å². The number of halogens is 1. The Labute approximate surface area is 148 Å². The number of amides is 2. The molecule has 1 aromatic carbocycles. The second-order valence-corrected chi connectivity index (χ2v) is 6.08. The minimum absolute atomic E-state index is 0.152. The predicted molar refractivity (Wildman–Crippen MR) is 94.8 cm³/mol. The van der Waals surface area contributed by atoms with Crippen LogP contribution >= 0.6 is 11.6 Å². The van der Waals surface area contributed by atoms with Crippen molar-refractivity contribution >= 4 is 17.6 Å². The number of hydrogen-bond acceptors (Lipinski definition) is 4. The molecule has 1 aliphatic heterocycles. The monoisotopic (exact) mass is 355 g/mol. The van der Waals surface area contributed by atoms with Crippen LogP contribution < -0.4 is 15.4 Å². The SMILES string of the molecule is O=C(NCCCCN1CCOCC1)NCCOc1ccc(Cl)cc1. The first-order valence-electron chi connectivity index (χ1n) is 8.44. The molecule has 24 heavy (non-hydrogen) atoms. The molecule has 0 aromatic heterocycles. The molecule has 0 radical (unpaired) electrons. The van der Waals surface area contributed by atoms with Crippen LogP contribution in [0.4, 0.5) is 4.79 Å². The highest BCUT2D eigenvalue weighted by atomic mass is 35.5. The third kappa shape index (κ3) is 7.86. The second kappa shape index (κ2) is 11.1. The number of rotatable bonds is 9. The predicted octanol–water partition coefficient (Wildman–Crippen LogP) is 2.13. The highest BCUT2D eigenvalue weighted by molar-refractivity contribution is 6.30. The summed E-state index contributed by atoms with van der Waals surface area (Å²) in [6, 6.07) is 7.00. The van der Waals surface area contributed by atoms with Crippen molar-refractivity contribution in [2.24, 2.45) is 0 Å². The quantitative estimate of drug-likeness (QED) is 0.666. The maximum atomic E-state index is 11.6. The van der Waals surface area contributed by atoms with Crippen LogP contribution in [-0.2, 0) is 4.74 Å². The minimum atomic E-state index is -0.152. The van der Waals surface area contributed by atoms with Gasteiger partial charge in [-0.25, -0.2) is 4.79 Å². The number of benzene rings is 1. The average Bonchev–Trinajstić information content (AvgIpc) is 2.61. The van der Waals surface area contributed by atoms with Crippen molar-refractivity contribution in [3.63, 3.8) is 0 Å². The molecule has 0 saturated carbocycles. The largest absolute Gasteiger partial charge is 0.492 e. The van der Waals surface area contributed by atoms with Crippen molar-refractivity contribution in [1.82, 2.24) is 15.5 Å². The molecule has 0 bridgehead atoms. The Balaban J connectivity index is 1.42. The number of urea groups is 1. The Bertz CT molecular complexity index is 478. The lowest BCUT2D eigenvalue weighted by Gasteiger charge is -2.26. The van der Waals surface area contributed by atoms with Crippen LogP contribution in [0.25, 0.3) is 0 Å². The van der Waals surface area contributed by atoms with Crippen molar-refractivity contribution in [2.45, 2.75) is 12.8 Å². The topological polar surface area (TPSA) is 62.8 Å². The van der Waals surface area contributed by atoms with Crippen LogP contribution in [0.1, 0.15) is 12.8 Å². The summed E-state index contributed by atoms with van der Waals surface area (Å²) >= 11 is 5.80. The molecule has 0 spiro atoms. The fourth-order valence-corrected chi connectivity index (χ4v) is 2.54. The number of carbonyl (C=O) groups excluding carboxylic acids is 1. The number of nitrogens with one attached hydrogen (secondary N) is 2. The van der Waals surface area contributed by atoms with Gasteiger partial charge in [0.1, 0.15) is 12.4 Å². The van der Waals surface area contributed by atoms with Gasteiger partial charge in [-0.1, -0.05) is 11.6 Å². The summed E-state index contributed by atoms with van der Waals surface area (Å²) in [5.74, 6) is 0.740. The Kier molecular flexibility index (Phi) is 8.73. The molecule has 2 amide bonds. The van der Waals surface area contributed by atoms with E-state index in [9.17, 15) is 4.79 Å². The molecule has 2 rings (SSSR count). The van der Waals surface area contributed by atoms with Gasteiger partial charge in [0.25, 0.3) is 0 Å². The van der Waals surface area contributed by atoms with Crippen molar-refractivity contribution in [1.29, 1.82) is 0 Å². The zero-order valence-electron chi connectivity index (χ0n) is 13.9. The van der Waals surface area contributed by atoms with E-state index in [1.165, 1.54) is 0 Å². The zero-order chi connectivity index (χ0) is 17.0. The van der Waals surface area contributed by atoms with E-state index in [2.05, 4.69) is 15.5 Å². The molecule has 7 heteroatoms. The van der Waals surface area contributed by atoms with Gasteiger partial charge >= 0.3 is 6.03 Å². The van der Waals surface area contributed by atoms with Gasteiger partial charge in [0.2, 0.25) is 0 Å². The van der Waals surface area contributed by atoms with Crippen LogP contribution in [0.5, 0.6) is 5.75 Å². The van der Waals surface area contributed by atoms with Gasteiger partial charge in [-0.15, -0.1) is 0 Å². The molecule has 0 atom stereocenters. The molecule has 0 unspecified atom stereocenters. The standard InChI is InChI=1S/C17H26ClN3O3/c18-15-3-5-16(6-4-15)24-12-8-20-17(22)19-7-1-2-9-21-10-13-23-14-11-21/h3-6H,1-2,7-14H2,(H2,19,20,22). The average molecular weight is 356 g/mol. The number of morpholine rings is 1. The number of hydrogen-bond donors (Lipinski definition) is 2. The fraction of sp³-hybridized carbons (Fsp3) is 0.588. The number of nitrogens with zero attached hydrogens (tertiary/aromatic N) is 1. The smallest absolute Gasteiger partial charge is 0.314 e. The normalized spacial score (nSPS) is 15.0. The molecule has 0 aliphatic carbocycles. The molecular weight excluding hydrogens is 330 g/mol. The van der Waals surface area contributed by atoms with E-state index < -0.39 is 0 Å². The molecule has 1 fully saturated rings. The molecule has 1 saturated heterocycles. The van der Waals surface area contributed by atoms with Crippen molar-refractivity contribution in [2.75, 3.05) is 52.5 Å². The van der Waals surface area contributed by atoms with Crippen molar-refractivity contribution in [3.05, 3.63) is 29.3 Å². The lowest BCUT2D eigenvalue weighted by Crippen LogP contribution is -2.39. The van der Waals surface area contributed by atoms with Gasteiger partial charge in [-0.3, -0.25) is 4.90 Å². The van der Waals surface area contributed by atoms with E-state index in [4.69, 9.17) is 21.1 Å². The van der Waals surface area contributed by atoms with Gasteiger partial charge in [0, 0.05) is 24.7 Å². The minimum Gasteiger partial charge on any atom is -0.492 e. The van der Waals surface area contributed by atoms with Gasteiger partial charge in [-0.2, -0.15) is 0 Å². The molecule has 6 nitrogen and oxygen atoms in total. The second-order valence-electron chi connectivity index (χ2n) is 5.65. The number of ether oxygens (including phenoxy) is 2. The lowest BCUT2D eigenvalue weighted by atomic mass is 10.3. The first-order chi connectivity index (χ1) is 11.7. The van der Waals surface area contributed by atoms with E-state index in [0.717, 1.165) is 51.4 Å². The highest BCUT2D eigenvalue weighted by Gasteiger charge is 2.09. The Hall–Kier alpha value is -1.50. The summed E-state index contributed by atoms with van der Waals surface area (Å²) in [5.41, 5.74) is 0. The van der Waals surface area contributed by atoms with Crippen LogP contribution in [0.3, 0.4) is 0 Å². The van der Waals surface area contributed by atoms with Crippen LogP contribution in [0.2, 0.25) is 5.02 Å². The molecular formula is C17H26ClN3O3. The van der Waals surface area contributed by atoms with E-state index in [1.807, 2.05) is 0 Å². The summed E-state index contributed by atoms with van der Waals surface area (Å²) < 4.78 is 10.8. The van der Waals surface area contributed by atoms with Crippen molar-refractivity contribution in [3.8, 4) is 5.75 Å². The van der Waals surface area contributed by atoms with Crippen LogP contribution in [0.15, 0.2) is 24.3 Å². The molecule has 1 aliphatic rings. The third-order valence-corrected chi connectivity index (χ3v) is 4.01.